The van der Waals surface area contributed by atoms with Gasteiger partial charge in [-0.1, -0.05) is 0 Å². The zero-order valence-corrected chi connectivity index (χ0v) is 12.1. The molecular formula is C15H28N2O2. The predicted molar refractivity (Wildman–Crippen MR) is 75.8 cm³/mol. The third-order valence-corrected chi connectivity index (χ3v) is 4.73. The molecule has 1 aliphatic heterocycles. The Bertz CT molecular complexity index is 288. The molecule has 4 heteroatoms. The maximum absolute atomic E-state index is 12.2. The Labute approximate surface area is 116 Å². The second kappa shape index (κ2) is 7.25. The Morgan fingerprint density at radius 1 is 1.26 bits per heavy atom. The van der Waals surface area contributed by atoms with Crippen molar-refractivity contribution in [3.8, 4) is 0 Å². The van der Waals surface area contributed by atoms with Crippen LogP contribution < -0.4 is 5.32 Å². The number of hydrogen-bond acceptors (Lipinski definition) is 3. The molecule has 2 fully saturated rings. The van der Waals surface area contributed by atoms with Gasteiger partial charge in [0.05, 0.1) is 5.92 Å². The molecular weight excluding hydrogens is 240 g/mol. The summed E-state index contributed by atoms with van der Waals surface area (Å²) in [6.45, 7) is 2.33. The van der Waals surface area contributed by atoms with Gasteiger partial charge >= 0.3 is 0 Å². The van der Waals surface area contributed by atoms with Crippen molar-refractivity contribution in [1.29, 1.82) is 0 Å². The Kier molecular flexibility index (Phi) is 5.64. The first-order chi connectivity index (χ1) is 9.19. The summed E-state index contributed by atoms with van der Waals surface area (Å²) in [5, 5.41) is 12.2. The Balaban J connectivity index is 1.71. The molecule has 0 spiro atoms. The number of amides is 1. The van der Waals surface area contributed by atoms with Crippen LogP contribution in [0.2, 0.25) is 0 Å². The lowest BCUT2D eigenvalue weighted by Gasteiger charge is -2.32. The van der Waals surface area contributed by atoms with Crippen LogP contribution in [0.15, 0.2) is 0 Å². The summed E-state index contributed by atoms with van der Waals surface area (Å²) in [6, 6.07) is 0.370. The van der Waals surface area contributed by atoms with E-state index in [1.807, 2.05) is 0 Å². The van der Waals surface area contributed by atoms with Gasteiger partial charge < -0.3 is 15.3 Å². The van der Waals surface area contributed by atoms with Gasteiger partial charge in [-0.2, -0.15) is 0 Å². The van der Waals surface area contributed by atoms with Gasteiger partial charge in [-0.15, -0.1) is 0 Å². The molecule has 0 aromatic heterocycles. The molecule has 0 bridgehead atoms. The fourth-order valence-electron chi connectivity index (χ4n) is 3.48. The Hall–Kier alpha value is -0.610. The number of carbonyl (C=O) groups excluding carboxylic acids is 1. The van der Waals surface area contributed by atoms with Gasteiger partial charge in [0.15, 0.2) is 0 Å². The van der Waals surface area contributed by atoms with Crippen molar-refractivity contribution in [2.24, 2.45) is 11.8 Å². The lowest BCUT2D eigenvalue weighted by Crippen LogP contribution is -2.45. The highest BCUT2D eigenvalue weighted by molar-refractivity contribution is 5.79. The zero-order chi connectivity index (χ0) is 13.7. The summed E-state index contributed by atoms with van der Waals surface area (Å²) in [6.07, 6.45) is 7.56. The van der Waals surface area contributed by atoms with Crippen LogP contribution in [0, 0.1) is 11.8 Å². The summed E-state index contributed by atoms with van der Waals surface area (Å²) in [4.78, 5) is 14.5. The molecule has 1 heterocycles. The minimum atomic E-state index is 0.189. The fraction of sp³-hybridized carbons (Fsp3) is 0.933. The van der Waals surface area contributed by atoms with Crippen LogP contribution in [-0.2, 0) is 4.79 Å². The van der Waals surface area contributed by atoms with E-state index in [2.05, 4.69) is 17.3 Å². The van der Waals surface area contributed by atoms with E-state index in [4.69, 9.17) is 5.11 Å². The predicted octanol–water partition coefficient (Wildman–Crippen LogP) is 1.39. The van der Waals surface area contributed by atoms with Crippen LogP contribution in [0.3, 0.4) is 0 Å². The van der Waals surface area contributed by atoms with Gasteiger partial charge in [-0.3, -0.25) is 4.79 Å². The number of carbonyl (C=O) groups is 1. The lowest BCUT2D eigenvalue weighted by molar-refractivity contribution is -0.127. The average Bonchev–Trinajstić information content (AvgIpc) is 2.41. The molecule has 0 aromatic carbocycles. The number of nitrogens with zero attached hydrogens (tertiary/aromatic N) is 1. The highest BCUT2D eigenvalue weighted by Gasteiger charge is 2.27. The highest BCUT2D eigenvalue weighted by atomic mass is 16.3. The number of likely N-dealkylation sites (tertiary alicyclic amines) is 1. The topological polar surface area (TPSA) is 52.6 Å². The molecule has 1 saturated carbocycles. The van der Waals surface area contributed by atoms with Crippen molar-refractivity contribution in [2.45, 2.75) is 51.0 Å². The molecule has 4 nitrogen and oxygen atoms in total. The van der Waals surface area contributed by atoms with Gasteiger partial charge in [0.2, 0.25) is 5.91 Å². The van der Waals surface area contributed by atoms with E-state index in [9.17, 15) is 4.79 Å². The number of nitrogens with one attached hydrogen (secondary N) is 1. The number of rotatable bonds is 4. The molecule has 1 atom stereocenters. The first-order valence-corrected chi connectivity index (χ1v) is 7.79. The smallest absolute Gasteiger partial charge is 0.224 e. The summed E-state index contributed by atoms with van der Waals surface area (Å²) in [5.41, 5.74) is 0. The van der Waals surface area contributed by atoms with E-state index in [1.165, 1.54) is 0 Å². The number of hydrogen-bond donors (Lipinski definition) is 2. The number of aliphatic hydroxyl groups excluding tert-OH is 1. The fourth-order valence-corrected chi connectivity index (χ4v) is 3.48. The quantitative estimate of drug-likeness (QED) is 0.810. The third kappa shape index (κ3) is 4.46. The van der Waals surface area contributed by atoms with Crippen molar-refractivity contribution < 1.29 is 9.90 Å². The van der Waals surface area contributed by atoms with Crippen LogP contribution in [0.4, 0.5) is 0 Å². The Morgan fingerprint density at radius 3 is 2.63 bits per heavy atom. The van der Waals surface area contributed by atoms with E-state index in [-0.39, 0.29) is 11.8 Å². The van der Waals surface area contributed by atoms with Gasteiger partial charge in [-0.05, 0) is 64.5 Å². The molecule has 19 heavy (non-hydrogen) atoms. The normalized spacial score (nSPS) is 33.1. The third-order valence-electron chi connectivity index (χ3n) is 4.73. The zero-order valence-electron chi connectivity index (χ0n) is 12.1. The molecule has 1 unspecified atom stereocenters. The lowest BCUT2D eigenvalue weighted by atomic mass is 9.84. The highest BCUT2D eigenvalue weighted by Crippen LogP contribution is 2.27. The van der Waals surface area contributed by atoms with Gasteiger partial charge in [0.25, 0.3) is 0 Å². The monoisotopic (exact) mass is 268 g/mol. The van der Waals surface area contributed by atoms with Gasteiger partial charge in [0, 0.05) is 19.2 Å². The van der Waals surface area contributed by atoms with Crippen molar-refractivity contribution in [1.82, 2.24) is 10.2 Å². The van der Waals surface area contributed by atoms with E-state index in [0.29, 0.717) is 18.6 Å². The van der Waals surface area contributed by atoms with E-state index in [1.54, 1.807) is 0 Å². The molecule has 1 amide bonds. The maximum atomic E-state index is 12.2. The van der Waals surface area contributed by atoms with Crippen LogP contribution in [-0.4, -0.2) is 48.7 Å². The van der Waals surface area contributed by atoms with Crippen molar-refractivity contribution in [3.63, 3.8) is 0 Å². The molecule has 0 radical (unpaired) electrons. The first-order valence-electron chi connectivity index (χ1n) is 7.79. The standard InChI is InChI=1S/C15H28N2O2/c1-17-9-2-3-13(11-17)15(19)16-14-6-4-12(5-7-14)8-10-18/h12-14,18H,2-11H2,1H3,(H,16,19). The van der Waals surface area contributed by atoms with Crippen LogP contribution in [0.25, 0.3) is 0 Å². The van der Waals surface area contributed by atoms with Crippen LogP contribution in [0.1, 0.15) is 44.9 Å². The van der Waals surface area contributed by atoms with Crippen LogP contribution in [0.5, 0.6) is 0 Å². The van der Waals surface area contributed by atoms with Crippen LogP contribution >= 0.6 is 0 Å². The minimum absolute atomic E-state index is 0.189. The second-order valence-corrected chi connectivity index (χ2v) is 6.34. The summed E-state index contributed by atoms with van der Waals surface area (Å²) < 4.78 is 0. The molecule has 2 aliphatic rings. The molecule has 2 N–H and O–H groups in total. The maximum Gasteiger partial charge on any atom is 0.224 e. The molecule has 1 aliphatic carbocycles. The van der Waals surface area contributed by atoms with Gasteiger partial charge in [-0.25, -0.2) is 0 Å². The molecule has 0 aromatic rings. The first kappa shape index (κ1) is 14.8. The minimum Gasteiger partial charge on any atom is -0.396 e. The SMILES string of the molecule is CN1CCCC(C(=O)NC2CCC(CCO)CC2)C1. The Morgan fingerprint density at radius 2 is 2.00 bits per heavy atom. The van der Waals surface area contributed by atoms with E-state index in [0.717, 1.165) is 58.0 Å². The number of aliphatic hydroxyl groups is 1. The molecule has 1 saturated heterocycles. The molecule has 110 valence electrons. The summed E-state index contributed by atoms with van der Waals surface area (Å²) in [5.74, 6) is 1.12. The van der Waals surface area contributed by atoms with E-state index >= 15 is 0 Å². The van der Waals surface area contributed by atoms with Crippen molar-refractivity contribution in [2.75, 3.05) is 26.7 Å². The molecule has 2 rings (SSSR count). The summed E-state index contributed by atoms with van der Waals surface area (Å²) in [7, 11) is 2.10. The number of piperidine rings is 1. The van der Waals surface area contributed by atoms with E-state index < -0.39 is 0 Å². The average molecular weight is 268 g/mol. The van der Waals surface area contributed by atoms with Crippen molar-refractivity contribution >= 4 is 5.91 Å². The summed E-state index contributed by atoms with van der Waals surface area (Å²) >= 11 is 0. The second-order valence-electron chi connectivity index (χ2n) is 6.34. The largest absolute Gasteiger partial charge is 0.396 e. The van der Waals surface area contributed by atoms with Gasteiger partial charge in [0.1, 0.15) is 0 Å². The van der Waals surface area contributed by atoms with Crippen molar-refractivity contribution in [3.05, 3.63) is 0 Å².